The Kier molecular flexibility index (Phi) is 6.94. The highest BCUT2D eigenvalue weighted by atomic mass is 79.9. The number of allylic oxidation sites excluding steroid dienone is 2. The molecule has 1 heterocycles. The summed E-state index contributed by atoms with van der Waals surface area (Å²) in [5.74, 6) is 0.777. The summed E-state index contributed by atoms with van der Waals surface area (Å²) in [6.45, 7) is 9.21. The summed E-state index contributed by atoms with van der Waals surface area (Å²) in [4.78, 5) is 1.87. The van der Waals surface area contributed by atoms with Gasteiger partial charge in [0.05, 0.1) is 4.61 Å². The molecule has 122 valence electrons. The molecule has 0 fully saturated rings. The van der Waals surface area contributed by atoms with Crippen LogP contribution in [0.1, 0.15) is 27.2 Å². The van der Waals surface area contributed by atoms with Crippen LogP contribution in [-0.4, -0.2) is 13.1 Å². The standard InChI is InChI=1S/C13H12Br2FNO2.C3H8/c1-8(14)6-12(15)17(3)9-4-5-10-11(7-9)19-13(2,16)18-10;1-3-2/h4-7H,1H2,2-3H3;3H2,1-2H3/b12-6-;. The van der Waals surface area contributed by atoms with Crippen molar-refractivity contribution in [1.82, 2.24) is 0 Å². The molecule has 3 nitrogen and oxygen atoms in total. The van der Waals surface area contributed by atoms with E-state index in [0.717, 1.165) is 14.8 Å². The first-order valence-corrected chi connectivity index (χ1v) is 8.45. The fraction of sp³-hybridized carbons (Fsp3) is 0.375. The average molecular weight is 437 g/mol. The quantitative estimate of drug-likeness (QED) is 0.422. The van der Waals surface area contributed by atoms with Gasteiger partial charge >= 0.3 is 6.04 Å². The fourth-order valence-electron chi connectivity index (χ4n) is 1.63. The van der Waals surface area contributed by atoms with Gasteiger partial charge in [0, 0.05) is 30.2 Å². The number of alkyl halides is 1. The first-order valence-electron chi connectivity index (χ1n) is 6.86. The third-order valence-electron chi connectivity index (χ3n) is 2.50. The van der Waals surface area contributed by atoms with Gasteiger partial charge in [0.2, 0.25) is 0 Å². The highest BCUT2D eigenvalue weighted by Crippen LogP contribution is 2.42. The summed E-state index contributed by atoms with van der Waals surface area (Å²) in [7, 11) is 1.86. The minimum atomic E-state index is -2.10. The predicted octanol–water partition coefficient (Wildman–Crippen LogP) is 6.10. The molecule has 1 atom stereocenters. The monoisotopic (exact) mass is 435 g/mol. The number of halogens is 3. The summed E-state index contributed by atoms with van der Waals surface area (Å²) in [5.41, 5.74) is 0.830. The largest absolute Gasteiger partial charge is 0.423 e. The van der Waals surface area contributed by atoms with Crippen LogP contribution in [0, 0.1) is 0 Å². The number of benzene rings is 1. The zero-order valence-electron chi connectivity index (χ0n) is 13.1. The molecule has 1 aliphatic heterocycles. The Hall–Kier alpha value is -1.01. The highest BCUT2D eigenvalue weighted by Gasteiger charge is 2.36. The van der Waals surface area contributed by atoms with Gasteiger partial charge in [-0.3, -0.25) is 0 Å². The summed E-state index contributed by atoms with van der Waals surface area (Å²) in [6, 6.07) is 3.11. The van der Waals surface area contributed by atoms with Crippen LogP contribution in [0.5, 0.6) is 11.5 Å². The Balaban J connectivity index is 0.000000745. The second-order valence-corrected chi connectivity index (χ2v) is 6.68. The smallest absolute Gasteiger partial charge is 0.404 e. The van der Waals surface area contributed by atoms with Gasteiger partial charge in [-0.15, -0.1) is 0 Å². The molecular weight excluding hydrogens is 417 g/mol. The van der Waals surface area contributed by atoms with Gasteiger partial charge in [0.25, 0.3) is 0 Å². The number of hydrogen-bond acceptors (Lipinski definition) is 3. The third-order valence-corrected chi connectivity index (χ3v) is 3.49. The number of ether oxygens (including phenoxy) is 2. The van der Waals surface area contributed by atoms with Crippen LogP contribution in [0.4, 0.5) is 10.1 Å². The fourth-order valence-corrected chi connectivity index (χ4v) is 2.64. The van der Waals surface area contributed by atoms with Crippen molar-refractivity contribution < 1.29 is 13.9 Å². The van der Waals surface area contributed by atoms with E-state index in [9.17, 15) is 4.39 Å². The molecule has 0 radical (unpaired) electrons. The SMILES string of the molecule is C=C(Br)/C=C(/Br)N(C)c1ccc2c(c1)OC(C)(F)O2.CCC. The molecule has 0 saturated carbocycles. The highest BCUT2D eigenvalue weighted by molar-refractivity contribution is 9.12. The summed E-state index contributed by atoms with van der Waals surface area (Å²) >= 11 is 6.69. The minimum Gasteiger partial charge on any atom is -0.423 e. The number of nitrogens with zero attached hydrogens (tertiary/aromatic N) is 1. The Morgan fingerprint density at radius 1 is 1.32 bits per heavy atom. The first kappa shape index (κ1) is 19.0. The summed E-state index contributed by atoms with van der Waals surface area (Å²) in [5, 5.41) is 0. The predicted molar refractivity (Wildman–Crippen MR) is 96.7 cm³/mol. The van der Waals surface area contributed by atoms with Crippen molar-refractivity contribution in [2.45, 2.75) is 33.2 Å². The van der Waals surface area contributed by atoms with Gasteiger partial charge in [0.15, 0.2) is 11.5 Å². The molecule has 6 heteroatoms. The lowest BCUT2D eigenvalue weighted by Crippen LogP contribution is -2.27. The lowest BCUT2D eigenvalue weighted by Gasteiger charge is -2.18. The molecule has 1 aromatic rings. The Morgan fingerprint density at radius 2 is 1.86 bits per heavy atom. The number of anilines is 1. The van der Waals surface area contributed by atoms with Crippen LogP contribution in [0.2, 0.25) is 0 Å². The lowest BCUT2D eigenvalue weighted by atomic mass is 10.2. The molecule has 0 aliphatic carbocycles. The Bertz CT molecular complexity index is 573. The molecule has 0 saturated heterocycles. The van der Waals surface area contributed by atoms with Gasteiger partial charge in [-0.2, -0.15) is 4.39 Å². The van der Waals surface area contributed by atoms with E-state index in [1.165, 1.54) is 13.3 Å². The summed E-state index contributed by atoms with van der Waals surface area (Å²) < 4.78 is 25.2. The first-order chi connectivity index (χ1) is 10.2. The van der Waals surface area contributed by atoms with Crippen LogP contribution in [0.15, 0.2) is 39.9 Å². The van der Waals surface area contributed by atoms with Crippen molar-refractivity contribution >= 4 is 37.5 Å². The zero-order valence-corrected chi connectivity index (χ0v) is 16.3. The van der Waals surface area contributed by atoms with Crippen LogP contribution in [0.25, 0.3) is 0 Å². The van der Waals surface area contributed by atoms with E-state index in [2.05, 4.69) is 52.3 Å². The van der Waals surface area contributed by atoms with Crippen molar-refractivity contribution in [3.8, 4) is 11.5 Å². The van der Waals surface area contributed by atoms with Gasteiger partial charge in [-0.1, -0.05) is 42.8 Å². The van der Waals surface area contributed by atoms with E-state index < -0.39 is 6.04 Å². The number of fused-ring (bicyclic) bond motifs is 1. The topological polar surface area (TPSA) is 21.7 Å². The Morgan fingerprint density at radius 3 is 2.41 bits per heavy atom. The maximum Gasteiger partial charge on any atom is 0.404 e. The van der Waals surface area contributed by atoms with Gasteiger partial charge in [-0.25, -0.2) is 0 Å². The molecule has 1 aromatic carbocycles. The maximum atomic E-state index is 13.6. The van der Waals surface area contributed by atoms with Crippen molar-refractivity contribution in [1.29, 1.82) is 0 Å². The molecule has 0 N–H and O–H groups in total. The molecule has 0 bridgehead atoms. The van der Waals surface area contributed by atoms with Crippen LogP contribution >= 0.6 is 31.9 Å². The van der Waals surface area contributed by atoms with E-state index in [4.69, 9.17) is 9.47 Å². The molecular formula is C16H20Br2FNO2. The van der Waals surface area contributed by atoms with Gasteiger partial charge in [-0.05, 0) is 34.1 Å². The Labute approximate surface area is 148 Å². The van der Waals surface area contributed by atoms with Crippen molar-refractivity contribution in [2.24, 2.45) is 0 Å². The normalized spacial score (nSPS) is 19.3. The van der Waals surface area contributed by atoms with Crippen molar-refractivity contribution in [2.75, 3.05) is 11.9 Å². The van der Waals surface area contributed by atoms with Crippen LogP contribution < -0.4 is 14.4 Å². The molecule has 1 unspecified atom stereocenters. The lowest BCUT2D eigenvalue weighted by molar-refractivity contribution is -0.173. The molecule has 0 aromatic heterocycles. The minimum absolute atomic E-state index is 0.382. The average Bonchev–Trinajstić information content (AvgIpc) is 2.70. The molecule has 1 aliphatic rings. The van der Waals surface area contributed by atoms with E-state index in [1.807, 2.05) is 24.1 Å². The van der Waals surface area contributed by atoms with Gasteiger partial charge in [0.1, 0.15) is 0 Å². The van der Waals surface area contributed by atoms with Crippen LogP contribution in [0.3, 0.4) is 0 Å². The number of rotatable bonds is 3. The summed E-state index contributed by atoms with van der Waals surface area (Å²) in [6.07, 6.45) is 3.06. The van der Waals surface area contributed by atoms with Crippen LogP contribution in [-0.2, 0) is 0 Å². The van der Waals surface area contributed by atoms with Gasteiger partial charge < -0.3 is 14.4 Å². The molecule has 0 amide bonds. The second-order valence-electron chi connectivity index (χ2n) is 4.85. The maximum absolute atomic E-state index is 13.6. The second kappa shape index (κ2) is 8.02. The van der Waals surface area contributed by atoms with Crippen molar-refractivity contribution in [3.63, 3.8) is 0 Å². The zero-order chi connectivity index (χ0) is 16.9. The van der Waals surface area contributed by atoms with E-state index in [0.29, 0.717) is 11.5 Å². The third kappa shape index (κ3) is 5.32. The van der Waals surface area contributed by atoms with Crippen molar-refractivity contribution in [3.05, 3.63) is 39.9 Å². The van der Waals surface area contributed by atoms with E-state index in [-0.39, 0.29) is 0 Å². The van der Waals surface area contributed by atoms with E-state index >= 15 is 0 Å². The van der Waals surface area contributed by atoms with E-state index in [1.54, 1.807) is 12.1 Å². The number of hydrogen-bond donors (Lipinski definition) is 0. The molecule has 0 spiro atoms. The molecule has 2 rings (SSSR count). The molecule has 22 heavy (non-hydrogen) atoms.